The smallest absolute Gasteiger partial charge is 0.307 e. The van der Waals surface area contributed by atoms with Crippen LogP contribution in [0.1, 0.15) is 6.42 Å². The number of rotatable bonds is 6. The van der Waals surface area contributed by atoms with Crippen molar-refractivity contribution in [2.75, 3.05) is 39.2 Å². The Morgan fingerprint density at radius 3 is 2.88 bits per heavy atom. The summed E-state index contributed by atoms with van der Waals surface area (Å²) in [6.45, 7) is 0.925. The third kappa shape index (κ3) is 4.69. The molecule has 0 aliphatic carbocycles. The summed E-state index contributed by atoms with van der Waals surface area (Å²) in [5.41, 5.74) is 0.602. The van der Waals surface area contributed by atoms with Crippen molar-refractivity contribution in [1.29, 1.82) is 0 Å². The van der Waals surface area contributed by atoms with Crippen molar-refractivity contribution in [3.8, 4) is 5.75 Å². The molecule has 0 bridgehead atoms. The van der Waals surface area contributed by atoms with Crippen LogP contribution in [0.5, 0.6) is 5.75 Å². The summed E-state index contributed by atoms with van der Waals surface area (Å²) >= 11 is 0. The van der Waals surface area contributed by atoms with Crippen molar-refractivity contribution in [1.82, 2.24) is 10.2 Å². The highest BCUT2D eigenvalue weighted by Gasteiger charge is 2.33. The number of hydrogen-bond donors (Lipinski definition) is 2. The van der Waals surface area contributed by atoms with Crippen molar-refractivity contribution in [2.45, 2.75) is 12.5 Å². The largest absolute Gasteiger partial charge is 0.497 e. The number of amides is 2. The highest BCUT2D eigenvalue weighted by molar-refractivity contribution is 5.93. The van der Waals surface area contributed by atoms with Crippen molar-refractivity contribution in [2.24, 2.45) is 0 Å². The summed E-state index contributed by atoms with van der Waals surface area (Å²) in [6, 6.07) is 6.28. The van der Waals surface area contributed by atoms with Crippen LogP contribution in [0.2, 0.25) is 0 Å². The Labute approximate surface area is 140 Å². The van der Waals surface area contributed by atoms with Crippen LogP contribution < -0.4 is 15.4 Å². The average molecular weight is 335 g/mol. The number of esters is 1. The van der Waals surface area contributed by atoms with Crippen LogP contribution in [0.15, 0.2) is 24.3 Å². The molecule has 1 fully saturated rings. The first-order chi connectivity index (χ1) is 11.5. The first kappa shape index (κ1) is 17.7. The van der Waals surface area contributed by atoms with Gasteiger partial charge in [-0.15, -0.1) is 0 Å². The number of methoxy groups -OCH3 is 2. The van der Waals surface area contributed by atoms with Crippen LogP contribution in [0.25, 0.3) is 0 Å². The Kier molecular flexibility index (Phi) is 6.14. The lowest BCUT2D eigenvalue weighted by atomic mass is 10.1. The normalized spacial score (nSPS) is 17.8. The maximum Gasteiger partial charge on any atom is 0.307 e. The van der Waals surface area contributed by atoms with Gasteiger partial charge >= 0.3 is 5.97 Å². The molecule has 0 radical (unpaired) electrons. The van der Waals surface area contributed by atoms with Crippen molar-refractivity contribution < 1.29 is 23.9 Å². The minimum atomic E-state index is -0.706. The molecule has 1 saturated heterocycles. The van der Waals surface area contributed by atoms with E-state index in [-0.39, 0.29) is 24.8 Å². The van der Waals surface area contributed by atoms with Crippen molar-refractivity contribution in [3.05, 3.63) is 24.3 Å². The van der Waals surface area contributed by atoms with E-state index in [9.17, 15) is 14.4 Å². The van der Waals surface area contributed by atoms with Gasteiger partial charge in [0.25, 0.3) is 0 Å². The number of piperazine rings is 1. The fourth-order valence-electron chi connectivity index (χ4n) is 2.50. The molecule has 0 spiro atoms. The fourth-order valence-corrected chi connectivity index (χ4v) is 2.50. The third-order valence-corrected chi connectivity index (χ3v) is 3.73. The number of carbonyl (C=O) groups is 3. The zero-order valence-corrected chi connectivity index (χ0v) is 13.7. The van der Waals surface area contributed by atoms with E-state index in [0.29, 0.717) is 24.5 Å². The molecule has 1 aromatic rings. The van der Waals surface area contributed by atoms with E-state index in [1.165, 1.54) is 7.11 Å². The summed E-state index contributed by atoms with van der Waals surface area (Å²) in [5.74, 6) is -0.405. The number of nitrogens with one attached hydrogen (secondary N) is 2. The van der Waals surface area contributed by atoms with Crippen LogP contribution >= 0.6 is 0 Å². The van der Waals surface area contributed by atoms with Crippen LogP contribution in [0, 0.1) is 0 Å². The predicted octanol–water partition coefficient (Wildman–Crippen LogP) is -0.00280. The van der Waals surface area contributed by atoms with Crippen LogP contribution in [-0.4, -0.2) is 62.6 Å². The fraction of sp³-hybridized carbons (Fsp3) is 0.438. The Morgan fingerprint density at radius 2 is 2.17 bits per heavy atom. The first-order valence-electron chi connectivity index (χ1n) is 7.56. The van der Waals surface area contributed by atoms with Crippen LogP contribution in [0.3, 0.4) is 0 Å². The van der Waals surface area contributed by atoms with Gasteiger partial charge in [0.1, 0.15) is 11.8 Å². The highest BCUT2D eigenvalue weighted by Crippen LogP contribution is 2.17. The lowest BCUT2D eigenvalue weighted by molar-refractivity contribution is -0.146. The van der Waals surface area contributed by atoms with Gasteiger partial charge in [0.05, 0.1) is 27.2 Å². The molecule has 1 atom stereocenters. The van der Waals surface area contributed by atoms with Crippen molar-refractivity contribution >= 4 is 23.5 Å². The van der Waals surface area contributed by atoms with Crippen LogP contribution in [-0.2, 0) is 19.1 Å². The zero-order chi connectivity index (χ0) is 17.5. The lowest BCUT2D eigenvalue weighted by Crippen LogP contribution is -2.57. The van der Waals surface area contributed by atoms with Crippen molar-refractivity contribution in [3.63, 3.8) is 0 Å². The maximum atomic E-state index is 12.2. The number of nitrogens with zero attached hydrogens (tertiary/aromatic N) is 1. The van der Waals surface area contributed by atoms with E-state index in [1.807, 2.05) is 0 Å². The van der Waals surface area contributed by atoms with Gasteiger partial charge in [0, 0.05) is 24.8 Å². The molecule has 2 rings (SSSR count). The number of benzene rings is 1. The molecule has 8 nitrogen and oxygen atoms in total. The van der Waals surface area contributed by atoms with E-state index in [4.69, 9.17) is 4.74 Å². The molecule has 8 heteroatoms. The molecule has 24 heavy (non-hydrogen) atoms. The second-order valence-electron chi connectivity index (χ2n) is 5.34. The van der Waals surface area contributed by atoms with Gasteiger partial charge in [0.2, 0.25) is 11.8 Å². The lowest BCUT2D eigenvalue weighted by Gasteiger charge is -2.33. The van der Waals surface area contributed by atoms with E-state index >= 15 is 0 Å². The second kappa shape index (κ2) is 8.30. The van der Waals surface area contributed by atoms with E-state index in [0.717, 1.165) is 0 Å². The number of hydrogen-bond acceptors (Lipinski definition) is 6. The summed E-state index contributed by atoms with van der Waals surface area (Å²) in [5, 5.41) is 5.45. The summed E-state index contributed by atoms with van der Waals surface area (Å²) in [7, 11) is 2.81. The van der Waals surface area contributed by atoms with Gasteiger partial charge in [-0.1, -0.05) is 6.07 Å². The summed E-state index contributed by atoms with van der Waals surface area (Å²) in [4.78, 5) is 37.4. The van der Waals surface area contributed by atoms with Gasteiger partial charge in [-0.2, -0.15) is 0 Å². The maximum absolute atomic E-state index is 12.2. The number of anilines is 1. The number of ether oxygens (including phenoxy) is 2. The molecule has 1 aliphatic heterocycles. The Morgan fingerprint density at radius 1 is 1.38 bits per heavy atom. The Balaban J connectivity index is 1.99. The third-order valence-electron chi connectivity index (χ3n) is 3.73. The molecular weight excluding hydrogens is 314 g/mol. The molecule has 0 saturated carbocycles. The highest BCUT2D eigenvalue weighted by atomic mass is 16.5. The van der Waals surface area contributed by atoms with E-state index in [1.54, 1.807) is 36.3 Å². The molecule has 1 aliphatic rings. The summed E-state index contributed by atoms with van der Waals surface area (Å²) in [6.07, 6.45) is -0.0885. The Hall–Kier alpha value is -2.61. The van der Waals surface area contributed by atoms with Crippen LogP contribution in [0.4, 0.5) is 5.69 Å². The molecule has 0 unspecified atom stereocenters. The van der Waals surface area contributed by atoms with E-state index in [2.05, 4.69) is 15.4 Å². The molecular formula is C16H21N3O5. The monoisotopic (exact) mass is 335 g/mol. The quantitative estimate of drug-likeness (QED) is 0.710. The standard InChI is InChI=1S/C16H21N3O5/c1-23-12-5-3-4-11(8-12)18-14(20)10-19-7-6-17-16(22)13(19)9-15(21)24-2/h3-5,8,13H,6-7,9-10H2,1-2H3,(H,17,22)(H,18,20)/t13-/m1/s1. The minimum absolute atomic E-state index is 0.00624. The van der Waals surface area contributed by atoms with Gasteiger partial charge in [-0.25, -0.2) is 0 Å². The SMILES string of the molecule is COC(=O)C[C@@H]1C(=O)NCCN1CC(=O)Nc1cccc(OC)c1. The molecule has 130 valence electrons. The Bertz CT molecular complexity index is 619. The molecule has 0 aromatic heterocycles. The van der Waals surface area contributed by atoms with Gasteiger partial charge in [-0.3, -0.25) is 19.3 Å². The predicted molar refractivity (Wildman–Crippen MR) is 86.6 cm³/mol. The average Bonchev–Trinajstić information content (AvgIpc) is 2.57. The molecule has 2 N–H and O–H groups in total. The molecule has 1 aromatic carbocycles. The number of carbonyl (C=O) groups excluding carboxylic acids is 3. The van der Waals surface area contributed by atoms with Gasteiger partial charge < -0.3 is 20.1 Å². The molecule has 2 amide bonds. The second-order valence-corrected chi connectivity index (χ2v) is 5.34. The zero-order valence-electron chi connectivity index (χ0n) is 13.7. The first-order valence-corrected chi connectivity index (χ1v) is 7.56. The topological polar surface area (TPSA) is 97.0 Å². The minimum Gasteiger partial charge on any atom is -0.497 e. The van der Waals surface area contributed by atoms with Gasteiger partial charge in [0.15, 0.2) is 0 Å². The summed E-state index contributed by atoms with van der Waals surface area (Å²) < 4.78 is 9.72. The molecule has 1 heterocycles. The van der Waals surface area contributed by atoms with E-state index < -0.39 is 12.0 Å². The van der Waals surface area contributed by atoms with Gasteiger partial charge in [-0.05, 0) is 12.1 Å².